The van der Waals surface area contributed by atoms with Gasteiger partial charge in [-0.25, -0.2) is 9.97 Å². The summed E-state index contributed by atoms with van der Waals surface area (Å²) in [6, 6.07) is 4.03. The average molecular weight is 253 g/mol. The maximum Gasteiger partial charge on any atom is 0.418 e. The van der Waals surface area contributed by atoms with E-state index in [4.69, 9.17) is 5.73 Å². The first-order valence-corrected chi connectivity index (χ1v) is 5.60. The molecule has 1 aliphatic carbocycles. The van der Waals surface area contributed by atoms with Crippen LogP contribution in [0.5, 0.6) is 0 Å². The van der Waals surface area contributed by atoms with Crippen molar-refractivity contribution in [2.24, 2.45) is 0 Å². The Bertz CT molecular complexity index is 618. The largest absolute Gasteiger partial charge is 0.418 e. The van der Waals surface area contributed by atoms with Crippen LogP contribution in [-0.4, -0.2) is 9.97 Å². The van der Waals surface area contributed by atoms with Gasteiger partial charge in [0, 0.05) is 11.3 Å². The van der Waals surface area contributed by atoms with E-state index in [2.05, 4.69) is 9.97 Å². The molecule has 0 spiro atoms. The van der Waals surface area contributed by atoms with Crippen molar-refractivity contribution in [2.45, 2.75) is 24.9 Å². The number of anilines is 1. The summed E-state index contributed by atoms with van der Waals surface area (Å²) in [5, 5.41) is 0.460. The number of nitrogens with zero attached hydrogens (tertiary/aromatic N) is 2. The van der Waals surface area contributed by atoms with E-state index in [0.717, 1.165) is 18.9 Å². The van der Waals surface area contributed by atoms with Gasteiger partial charge in [-0.05, 0) is 18.9 Å². The molecule has 0 bridgehead atoms. The number of nitrogens with two attached hydrogens (primary N) is 1. The quantitative estimate of drug-likeness (QED) is 0.849. The van der Waals surface area contributed by atoms with E-state index < -0.39 is 11.7 Å². The molecular weight excluding hydrogens is 243 g/mol. The maximum atomic E-state index is 12.9. The Morgan fingerprint density at radius 1 is 1.17 bits per heavy atom. The molecule has 1 aromatic carbocycles. The minimum atomic E-state index is -4.43. The summed E-state index contributed by atoms with van der Waals surface area (Å²) in [6.45, 7) is 0. The van der Waals surface area contributed by atoms with E-state index in [1.165, 1.54) is 6.07 Å². The van der Waals surface area contributed by atoms with Crippen LogP contribution in [0.3, 0.4) is 0 Å². The van der Waals surface area contributed by atoms with E-state index in [1.54, 1.807) is 6.07 Å². The van der Waals surface area contributed by atoms with Crippen molar-refractivity contribution in [2.75, 3.05) is 5.73 Å². The molecule has 3 nitrogen and oxygen atoms in total. The molecule has 0 aliphatic heterocycles. The SMILES string of the molecule is Nc1nc(C2CC2)c2cccc(C(F)(F)F)c2n1. The van der Waals surface area contributed by atoms with E-state index >= 15 is 0 Å². The standard InChI is InChI=1S/C12H10F3N3/c13-12(14,15)8-3-1-2-7-9(6-4-5-6)17-11(16)18-10(7)8/h1-3,6H,4-5H2,(H2,16,17,18). The van der Waals surface area contributed by atoms with Crippen molar-refractivity contribution < 1.29 is 13.2 Å². The zero-order valence-corrected chi connectivity index (χ0v) is 9.33. The minimum absolute atomic E-state index is 0.0962. The molecule has 18 heavy (non-hydrogen) atoms. The number of hydrogen-bond donors (Lipinski definition) is 1. The fourth-order valence-electron chi connectivity index (χ4n) is 2.09. The third kappa shape index (κ3) is 1.77. The molecule has 1 aromatic heterocycles. The number of para-hydroxylation sites is 1. The van der Waals surface area contributed by atoms with Gasteiger partial charge in [0.15, 0.2) is 0 Å². The molecule has 2 aromatic rings. The Morgan fingerprint density at radius 2 is 1.89 bits per heavy atom. The Morgan fingerprint density at radius 3 is 2.50 bits per heavy atom. The second-order valence-electron chi connectivity index (χ2n) is 4.44. The second-order valence-corrected chi connectivity index (χ2v) is 4.44. The Hall–Kier alpha value is -1.85. The van der Waals surface area contributed by atoms with E-state index in [-0.39, 0.29) is 17.4 Å². The molecule has 2 N–H and O–H groups in total. The number of hydrogen-bond acceptors (Lipinski definition) is 3. The van der Waals surface area contributed by atoms with Crippen molar-refractivity contribution in [3.63, 3.8) is 0 Å². The van der Waals surface area contributed by atoms with Crippen LogP contribution < -0.4 is 5.73 Å². The first-order valence-electron chi connectivity index (χ1n) is 5.60. The fraction of sp³-hybridized carbons (Fsp3) is 0.333. The third-order valence-corrected chi connectivity index (χ3v) is 3.04. The van der Waals surface area contributed by atoms with Crippen LogP contribution in [0.2, 0.25) is 0 Å². The Balaban J connectivity index is 2.34. The van der Waals surface area contributed by atoms with Crippen LogP contribution >= 0.6 is 0 Å². The zero-order valence-electron chi connectivity index (χ0n) is 9.33. The normalized spacial score (nSPS) is 16.2. The summed E-state index contributed by atoms with van der Waals surface area (Å²) in [4.78, 5) is 7.85. The van der Waals surface area contributed by atoms with E-state index in [1.807, 2.05) is 0 Å². The van der Waals surface area contributed by atoms with Crippen LogP contribution in [0.25, 0.3) is 10.9 Å². The molecule has 1 heterocycles. The van der Waals surface area contributed by atoms with Gasteiger partial charge in [-0.2, -0.15) is 13.2 Å². The van der Waals surface area contributed by atoms with Gasteiger partial charge in [-0.15, -0.1) is 0 Å². The fourth-order valence-corrected chi connectivity index (χ4v) is 2.09. The predicted molar refractivity (Wildman–Crippen MR) is 60.9 cm³/mol. The Labute approximate surface area is 101 Å². The summed E-state index contributed by atoms with van der Waals surface area (Å²) in [7, 11) is 0. The molecule has 6 heteroatoms. The number of fused-ring (bicyclic) bond motifs is 1. The van der Waals surface area contributed by atoms with Crippen molar-refractivity contribution >= 4 is 16.9 Å². The first-order chi connectivity index (χ1) is 8.47. The smallest absolute Gasteiger partial charge is 0.368 e. The maximum absolute atomic E-state index is 12.9. The van der Waals surface area contributed by atoms with Crippen LogP contribution in [0.4, 0.5) is 19.1 Å². The van der Waals surface area contributed by atoms with Gasteiger partial charge in [0.25, 0.3) is 0 Å². The lowest BCUT2D eigenvalue weighted by molar-refractivity contribution is -0.136. The molecule has 1 saturated carbocycles. The van der Waals surface area contributed by atoms with Gasteiger partial charge in [0.05, 0.1) is 16.8 Å². The minimum Gasteiger partial charge on any atom is -0.368 e. The lowest BCUT2D eigenvalue weighted by Gasteiger charge is -2.11. The van der Waals surface area contributed by atoms with Gasteiger partial charge < -0.3 is 5.73 Å². The topological polar surface area (TPSA) is 51.8 Å². The number of rotatable bonds is 1. The molecule has 3 rings (SSSR count). The van der Waals surface area contributed by atoms with Gasteiger partial charge >= 0.3 is 6.18 Å². The number of aromatic nitrogens is 2. The zero-order chi connectivity index (χ0) is 12.9. The monoisotopic (exact) mass is 253 g/mol. The van der Waals surface area contributed by atoms with E-state index in [0.29, 0.717) is 11.1 Å². The van der Waals surface area contributed by atoms with Gasteiger partial charge in [-0.3, -0.25) is 0 Å². The molecule has 0 saturated heterocycles. The average Bonchev–Trinajstić information content (AvgIpc) is 3.09. The first kappa shape index (κ1) is 11.3. The molecular formula is C12H10F3N3. The molecule has 0 atom stereocenters. The molecule has 0 amide bonds. The Kier molecular flexibility index (Phi) is 2.23. The van der Waals surface area contributed by atoms with Crippen molar-refractivity contribution in [3.05, 3.63) is 29.5 Å². The number of benzene rings is 1. The molecule has 1 aliphatic rings. The van der Waals surface area contributed by atoms with Gasteiger partial charge in [-0.1, -0.05) is 12.1 Å². The van der Waals surface area contributed by atoms with Crippen LogP contribution in [0, 0.1) is 0 Å². The molecule has 0 unspecified atom stereocenters. The highest BCUT2D eigenvalue weighted by Crippen LogP contribution is 2.43. The predicted octanol–water partition coefficient (Wildman–Crippen LogP) is 3.11. The van der Waals surface area contributed by atoms with Gasteiger partial charge in [0.1, 0.15) is 0 Å². The summed E-state index contributed by atoms with van der Waals surface area (Å²) in [5.41, 5.74) is 5.30. The highest BCUT2D eigenvalue weighted by Gasteiger charge is 2.35. The summed E-state index contributed by atoms with van der Waals surface area (Å²) < 4.78 is 38.7. The number of alkyl halides is 3. The number of halogens is 3. The highest BCUT2D eigenvalue weighted by atomic mass is 19.4. The third-order valence-electron chi connectivity index (χ3n) is 3.04. The van der Waals surface area contributed by atoms with Crippen LogP contribution in [0.1, 0.15) is 30.0 Å². The molecule has 0 radical (unpaired) electrons. The summed E-state index contributed by atoms with van der Waals surface area (Å²) in [5.74, 6) is 0.127. The summed E-state index contributed by atoms with van der Waals surface area (Å²) >= 11 is 0. The lowest BCUT2D eigenvalue weighted by atomic mass is 10.1. The molecule has 1 fully saturated rings. The van der Waals surface area contributed by atoms with Crippen molar-refractivity contribution in [1.82, 2.24) is 9.97 Å². The second kappa shape index (κ2) is 3.57. The van der Waals surface area contributed by atoms with Crippen LogP contribution in [-0.2, 0) is 6.18 Å². The van der Waals surface area contributed by atoms with Crippen molar-refractivity contribution in [3.8, 4) is 0 Å². The lowest BCUT2D eigenvalue weighted by Crippen LogP contribution is -2.09. The van der Waals surface area contributed by atoms with Gasteiger partial charge in [0.2, 0.25) is 5.95 Å². The summed E-state index contributed by atoms with van der Waals surface area (Å²) in [6.07, 6.45) is -2.54. The highest BCUT2D eigenvalue weighted by molar-refractivity contribution is 5.86. The number of nitrogen functional groups attached to an aromatic ring is 1. The van der Waals surface area contributed by atoms with E-state index in [9.17, 15) is 13.2 Å². The molecule has 94 valence electrons. The van der Waals surface area contributed by atoms with Crippen molar-refractivity contribution in [1.29, 1.82) is 0 Å². The van der Waals surface area contributed by atoms with Crippen LogP contribution in [0.15, 0.2) is 18.2 Å².